The second-order valence-corrected chi connectivity index (χ2v) is 6.39. The Morgan fingerprint density at radius 3 is 2.77 bits per heavy atom. The van der Waals surface area contributed by atoms with Crippen LogP contribution in [-0.2, 0) is 7.05 Å². The van der Waals surface area contributed by atoms with E-state index in [4.69, 9.17) is 0 Å². The molecule has 1 aliphatic rings. The number of rotatable bonds is 4. The molecule has 0 bridgehead atoms. The van der Waals surface area contributed by atoms with Gasteiger partial charge in [0.2, 0.25) is 0 Å². The monoisotopic (exact) mass is 351 g/mol. The number of urea groups is 1. The van der Waals surface area contributed by atoms with Gasteiger partial charge in [0.1, 0.15) is 5.69 Å². The number of carbonyl (C=O) groups excluding carboxylic acids is 1. The molecule has 4 N–H and O–H groups in total. The van der Waals surface area contributed by atoms with Crippen molar-refractivity contribution < 1.29 is 4.79 Å². The van der Waals surface area contributed by atoms with Crippen molar-refractivity contribution in [1.82, 2.24) is 30.9 Å². The molecular formula is C18H21N7O. The van der Waals surface area contributed by atoms with Gasteiger partial charge in [0.15, 0.2) is 5.65 Å². The summed E-state index contributed by atoms with van der Waals surface area (Å²) in [6, 6.07) is 11.4. The van der Waals surface area contributed by atoms with E-state index < -0.39 is 0 Å². The number of anilines is 1. The lowest BCUT2D eigenvalue weighted by molar-refractivity contribution is 0.250. The summed E-state index contributed by atoms with van der Waals surface area (Å²) in [5.74, 6) is 0.411. The number of fused-ring (bicyclic) bond motifs is 1. The fourth-order valence-electron chi connectivity index (χ4n) is 3.08. The van der Waals surface area contributed by atoms with E-state index in [9.17, 15) is 4.79 Å². The van der Waals surface area contributed by atoms with E-state index in [0.717, 1.165) is 41.1 Å². The molecule has 2 amide bonds. The first-order valence-electron chi connectivity index (χ1n) is 8.59. The second-order valence-electron chi connectivity index (χ2n) is 6.39. The standard InChI is InChI=1S/C18H21N7O/c1-25-17-15(3-2-8-19-17)16(24-25)13-4-6-14(7-5-13)23-18(26)20-9-12-10-21-22-11-12/h2-8,12,21-22H,9-11H2,1H3,(H2,20,23,26). The third kappa shape index (κ3) is 3.37. The minimum Gasteiger partial charge on any atom is -0.337 e. The third-order valence-electron chi connectivity index (χ3n) is 4.47. The number of nitrogens with one attached hydrogen (secondary N) is 4. The Balaban J connectivity index is 1.43. The summed E-state index contributed by atoms with van der Waals surface area (Å²) < 4.78 is 1.77. The number of hydrazine groups is 1. The van der Waals surface area contributed by atoms with Crippen LogP contribution in [0.1, 0.15) is 0 Å². The number of hydrogen-bond donors (Lipinski definition) is 4. The van der Waals surface area contributed by atoms with Crippen molar-refractivity contribution in [2.24, 2.45) is 13.0 Å². The van der Waals surface area contributed by atoms with Gasteiger partial charge in [-0.05, 0) is 24.3 Å². The molecule has 1 fully saturated rings. The molecule has 8 heteroatoms. The van der Waals surface area contributed by atoms with Gasteiger partial charge in [0.25, 0.3) is 0 Å². The molecular weight excluding hydrogens is 330 g/mol. The Hall–Kier alpha value is -2.97. The van der Waals surface area contributed by atoms with Crippen LogP contribution in [0.2, 0.25) is 0 Å². The minimum atomic E-state index is -0.197. The molecule has 2 aromatic heterocycles. The molecule has 0 unspecified atom stereocenters. The third-order valence-corrected chi connectivity index (χ3v) is 4.47. The van der Waals surface area contributed by atoms with Gasteiger partial charge in [-0.2, -0.15) is 5.10 Å². The molecule has 0 spiro atoms. The van der Waals surface area contributed by atoms with E-state index in [1.807, 2.05) is 43.4 Å². The highest BCUT2D eigenvalue weighted by atomic mass is 16.2. The van der Waals surface area contributed by atoms with E-state index in [1.54, 1.807) is 10.9 Å². The zero-order chi connectivity index (χ0) is 17.9. The molecule has 1 aromatic carbocycles. The van der Waals surface area contributed by atoms with Crippen LogP contribution in [0.25, 0.3) is 22.3 Å². The van der Waals surface area contributed by atoms with Gasteiger partial charge < -0.3 is 10.6 Å². The highest BCUT2D eigenvalue weighted by Gasteiger charge is 2.15. The van der Waals surface area contributed by atoms with E-state index in [2.05, 4.69) is 31.6 Å². The van der Waals surface area contributed by atoms with Gasteiger partial charge >= 0.3 is 6.03 Å². The summed E-state index contributed by atoms with van der Waals surface area (Å²) in [6.45, 7) is 2.36. The molecule has 8 nitrogen and oxygen atoms in total. The summed E-state index contributed by atoms with van der Waals surface area (Å²) in [5.41, 5.74) is 9.55. The van der Waals surface area contributed by atoms with Gasteiger partial charge in [0.05, 0.1) is 0 Å². The van der Waals surface area contributed by atoms with Crippen LogP contribution in [0.5, 0.6) is 0 Å². The fraction of sp³-hybridized carbons (Fsp3) is 0.278. The summed E-state index contributed by atoms with van der Waals surface area (Å²) in [4.78, 5) is 16.4. The number of benzene rings is 1. The molecule has 1 aliphatic heterocycles. The van der Waals surface area contributed by atoms with Crippen LogP contribution in [-0.4, -0.2) is 40.4 Å². The number of hydrogen-bond acceptors (Lipinski definition) is 5. The van der Waals surface area contributed by atoms with Gasteiger partial charge in [-0.15, -0.1) is 0 Å². The van der Waals surface area contributed by atoms with Crippen molar-refractivity contribution >= 4 is 22.8 Å². The van der Waals surface area contributed by atoms with Crippen LogP contribution in [0.3, 0.4) is 0 Å². The number of aryl methyl sites for hydroxylation is 1. The highest BCUT2D eigenvalue weighted by molar-refractivity contribution is 5.92. The average molecular weight is 351 g/mol. The van der Waals surface area contributed by atoms with Crippen LogP contribution < -0.4 is 21.5 Å². The molecule has 0 radical (unpaired) electrons. The lowest BCUT2D eigenvalue weighted by Crippen LogP contribution is -2.34. The lowest BCUT2D eigenvalue weighted by atomic mass is 10.1. The maximum absolute atomic E-state index is 12.0. The Morgan fingerprint density at radius 2 is 2.00 bits per heavy atom. The zero-order valence-electron chi connectivity index (χ0n) is 14.5. The van der Waals surface area contributed by atoms with E-state index in [-0.39, 0.29) is 6.03 Å². The Kier molecular flexibility index (Phi) is 4.51. The van der Waals surface area contributed by atoms with E-state index in [1.165, 1.54) is 0 Å². The molecule has 4 rings (SSSR count). The summed E-state index contributed by atoms with van der Waals surface area (Å²) in [5, 5.41) is 11.3. The molecule has 0 aliphatic carbocycles. The minimum absolute atomic E-state index is 0.197. The number of aromatic nitrogens is 3. The topological polar surface area (TPSA) is 95.9 Å². The average Bonchev–Trinajstić information content (AvgIpc) is 3.29. The molecule has 134 valence electrons. The number of pyridine rings is 1. The van der Waals surface area contributed by atoms with E-state index in [0.29, 0.717) is 12.5 Å². The van der Waals surface area contributed by atoms with Crippen molar-refractivity contribution in [2.75, 3.05) is 25.0 Å². The Labute approximate surface area is 151 Å². The number of nitrogens with zero attached hydrogens (tertiary/aromatic N) is 3. The van der Waals surface area contributed by atoms with Crippen molar-refractivity contribution in [3.8, 4) is 11.3 Å². The van der Waals surface area contributed by atoms with Crippen LogP contribution in [0.15, 0.2) is 42.6 Å². The van der Waals surface area contributed by atoms with Crippen LogP contribution >= 0.6 is 0 Å². The van der Waals surface area contributed by atoms with Gasteiger partial charge in [-0.1, -0.05) is 12.1 Å². The summed E-state index contributed by atoms with van der Waals surface area (Å²) >= 11 is 0. The second kappa shape index (κ2) is 7.11. The molecule has 0 saturated carbocycles. The van der Waals surface area contributed by atoms with Crippen molar-refractivity contribution in [3.63, 3.8) is 0 Å². The quantitative estimate of drug-likeness (QED) is 0.571. The highest BCUT2D eigenvalue weighted by Crippen LogP contribution is 2.27. The molecule has 26 heavy (non-hydrogen) atoms. The predicted octanol–water partition coefficient (Wildman–Crippen LogP) is 1.48. The van der Waals surface area contributed by atoms with Crippen LogP contribution in [0, 0.1) is 5.92 Å². The number of amides is 2. The molecule has 1 saturated heterocycles. The van der Waals surface area contributed by atoms with Gasteiger partial charge in [-0.25, -0.2) is 14.5 Å². The smallest absolute Gasteiger partial charge is 0.319 e. The van der Waals surface area contributed by atoms with Gasteiger partial charge in [-0.3, -0.25) is 10.9 Å². The largest absolute Gasteiger partial charge is 0.337 e. The van der Waals surface area contributed by atoms with Crippen molar-refractivity contribution in [1.29, 1.82) is 0 Å². The summed E-state index contributed by atoms with van der Waals surface area (Å²) in [7, 11) is 1.88. The van der Waals surface area contributed by atoms with E-state index >= 15 is 0 Å². The Bertz CT molecular complexity index is 913. The van der Waals surface area contributed by atoms with Crippen molar-refractivity contribution in [2.45, 2.75) is 0 Å². The first kappa shape index (κ1) is 16.5. The normalized spacial score (nSPS) is 14.7. The lowest BCUT2D eigenvalue weighted by Gasteiger charge is -2.11. The number of carbonyl (C=O) groups is 1. The van der Waals surface area contributed by atoms with Gasteiger partial charge in [0, 0.05) is 55.4 Å². The maximum Gasteiger partial charge on any atom is 0.319 e. The molecule has 3 heterocycles. The first-order valence-corrected chi connectivity index (χ1v) is 8.59. The maximum atomic E-state index is 12.0. The Morgan fingerprint density at radius 1 is 1.23 bits per heavy atom. The zero-order valence-corrected chi connectivity index (χ0v) is 14.5. The molecule has 3 aromatic rings. The van der Waals surface area contributed by atoms with Crippen LogP contribution in [0.4, 0.5) is 10.5 Å². The fourth-order valence-corrected chi connectivity index (χ4v) is 3.08. The van der Waals surface area contributed by atoms with Crippen molar-refractivity contribution in [3.05, 3.63) is 42.6 Å². The summed E-state index contributed by atoms with van der Waals surface area (Å²) in [6.07, 6.45) is 1.76. The SMILES string of the molecule is Cn1nc(-c2ccc(NC(=O)NCC3CNNC3)cc2)c2cccnc21. The predicted molar refractivity (Wildman–Crippen MR) is 100 cm³/mol. The molecule has 0 atom stereocenters. The first-order chi connectivity index (χ1) is 12.7.